The van der Waals surface area contributed by atoms with E-state index in [0.717, 1.165) is 12.5 Å². The summed E-state index contributed by atoms with van der Waals surface area (Å²) in [7, 11) is 0. The van der Waals surface area contributed by atoms with Crippen LogP contribution in [0.2, 0.25) is 0 Å². The molecule has 3 heterocycles. The summed E-state index contributed by atoms with van der Waals surface area (Å²) >= 11 is 0. The van der Waals surface area contributed by atoms with Gasteiger partial charge in [0.15, 0.2) is 0 Å². The maximum Gasteiger partial charge on any atom is 0.335 e. The summed E-state index contributed by atoms with van der Waals surface area (Å²) in [6.07, 6.45) is 0.841. The maximum absolute atomic E-state index is 15.1. The normalized spacial score (nSPS) is 16.4. The van der Waals surface area contributed by atoms with Crippen LogP contribution in [0.15, 0.2) is 48.5 Å². The Bertz CT molecular complexity index is 1340. The second kappa shape index (κ2) is 9.19. The molecule has 1 fully saturated rings. The third-order valence-corrected chi connectivity index (χ3v) is 5.99. The van der Waals surface area contributed by atoms with Crippen molar-refractivity contribution in [3.63, 3.8) is 0 Å². The molecule has 2 aliphatic rings. The Morgan fingerprint density at radius 1 is 1.29 bits per heavy atom. The largest absolute Gasteiger partial charge is 0.478 e. The van der Waals surface area contributed by atoms with Crippen LogP contribution >= 0.6 is 0 Å². The van der Waals surface area contributed by atoms with Crippen LogP contribution in [0.3, 0.4) is 0 Å². The molecule has 10 heteroatoms. The molecule has 2 aliphatic heterocycles. The number of carboxylic acids is 1. The molecular formula is C25H20F2N4O4. The molecule has 35 heavy (non-hydrogen) atoms. The number of carbonyl (C=O) groups is 1. The summed E-state index contributed by atoms with van der Waals surface area (Å²) in [5.41, 5.74) is 1.73. The third-order valence-electron chi connectivity index (χ3n) is 5.99. The topological polar surface area (TPSA) is 98.9 Å². The molecule has 1 atom stereocenters. The van der Waals surface area contributed by atoms with Gasteiger partial charge >= 0.3 is 5.97 Å². The zero-order valence-electron chi connectivity index (χ0n) is 18.4. The van der Waals surface area contributed by atoms with Crippen LogP contribution in [-0.2, 0) is 11.3 Å². The number of halogens is 2. The van der Waals surface area contributed by atoms with Crippen molar-refractivity contribution in [3.05, 3.63) is 71.0 Å². The summed E-state index contributed by atoms with van der Waals surface area (Å²) in [6.45, 7) is 0.919. The number of aromatic carboxylic acids is 1. The van der Waals surface area contributed by atoms with Gasteiger partial charge in [-0.15, -0.1) is 0 Å². The van der Waals surface area contributed by atoms with E-state index in [1.54, 1.807) is 23.1 Å². The molecule has 0 aliphatic carbocycles. The first kappa shape index (κ1) is 22.6. The molecule has 3 aromatic rings. The van der Waals surface area contributed by atoms with Crippen molar-refractivity contribution < 1.29 is 28.2 Å². The molecule has 5 rings (SSSR count). The Labute approximate surface area is 199 Å². The predicted octanol–water partition coefficient (Wildman–Crippen LogP) is 4.29. The number of pyridine rings is 1. The molecule has 0 bridgehead atoms. The highest BCUT2D eigenvalue weighted by Crippen LogP contribution is 2.45. The summed E-state index contributed by atoms with van der Waals surface area (Å²) in [5, 5.41) is 19.1. The summed E-state index contributed by atoms with van der Waals surface area (Å²) in [5.74, 6) is -1.56. The molecule has 0 saturated carbocycles. The molecule has 2 aromatic carbocycles. The van der Waals surface area contributed by atoms with Gasteiger partial charge in [-0.3, -0.25) is 0 Å². The van der Waals surface area contributed by atoms with E-state index < -0.39 is 11.8 Å². The SMILES string of the molecule is N#Cc1ccc(COc2cccc(-c3cc(C(=O)O)cc4c3N(F)CN4CC3CCO3)n2)c(F)c1. The fourth-order valence-corrected chi connectivity index (χ4v) is 4.09. The van der Waals surface area contributed by atoms with E-state index in [4.69, 9.17) is 14.7 Å². The molecule has 1 unspecified atom stereocenters. The van der Waals surface area contributed by atoms with Crippen molar-refractivity contribution >= 4 is 17.3 Å². The zero-order valence-corrected chi connectivity index (χ0v) is 18.4. The maximum atomic E-state index is 15.1. The van der Waals surface area contributed by atoms with E-state index in [1.165, 1.54) is 24.3 Å². The van der Waals surface area contributed by atoms with Gasteiger partial charge < -0.3 is 19.5 Å². The van der Waals surface area contributed by atoms with Crippen LogP contribution in [-0.4, -0.2) is 42.0 Å². The molecule has 1 N–H and O–H groups in total. The first-order chi connectivity index (χ1) is 16.9. The van der Waals surface area contributed by atoms with Gasteiger partial charge in [0.2, 0.25) is 5.88 Å². The second-order valence-corrected chi connectivity index (χ2v) is 8.27. The summed E-state index contributed by atoms with van der Waals surface area (Å²) in [4.78, 5) is 18.0. The van der Waals surface area contributed by atoms with Crippen LogP contribution in [0.4, 0.5) is 20.2 Å². The smallest absolute Gasteiger partial charge is 0.335 e. The Morgan fingerprint density at radius 2 is 2.11 bits per heavy atom. The quantitative estimate of drug-likeness (QED) is 0.502. The van der Waals surface area contributed by atoms with E-state index in [1.807, 2.05) is 6.07 Å². The van der Waals surface area contributed by atoms with Gasteiger partial charge in [0.1, 0.15) is 24.8 Å². The third kappa shape index (κ3) is 4.46. The fourth-order valence-electron chi connectivity index (χ4n) is 4.09. The Hall–Kier alpha value is -4.23. The highest BCUT2D eigenvalue weighted by Gasteiger charge is 2.34. The van der Waals surface area contributed by atoms with Crippen molar-refractivity contribution in [1.29, 1.82) is 5.26 Å². The van der Waals surface area contributed by atoms with Crippen LogP contribution in [0.25, 0.3) is 11.3 Å². The van der Waals surface area contributed by atoms with Crippen molar-refractivity contribution in [3.8, 4) is 23.2 Å². The highest BCUT2D eigenvalue weighted by atomic mass is 19.2. The second-order valence-electron chi connectivity index (χ2n) is 8.27. The molecule has 0 radical (unpaired) electrons. The first-order valence-corrected chi connectivity index (χ1v) is 10.9. The summed E-state index contributed by atoms with van der Waals surface area (Å²) in [6, 6.07) is 13.6. The van der Waals surface area contributed by atoms with E-state index >= 15 is 4.48 Å². The number of nitriles is 1. The van der Waals surface area contributed by atoms with Crippen LogP contribution in [0.5, 0.6) is 5.88 Å². The number of hydrogen-bond acceptors (Lipinski definition) is 7. The minimum Gasteiger partial charge on any atom is -0.478 e. The predicted molar refractivity (Wildman–Crippen MR) is 122 cm³/mol. The van der Waals surface area contributed by atoms with Crippen molar-refractivity contribution in [2.75, 3.05) is 29.8 Å². The molecule has 0 amide bonds. The minimum atomic E-state index is -1.14. The van der Waals surface area contributed by atoms with Crippen LogP contribution in [0, 0.1) is 17.1 Å². The molecule has 178 valence electrons. The van der Waals surface area contributed by atoms with Gasteiger partial charge in [0.05, 0.1) is 34.7 Å². The number of fused-ring (bicyclic) bond motifs is 1. The standard InChI is InChI=1S/C25H20F2N4O4/c26-20-8-15(11-28)4-5-16(20)13-35-23-3-1-2-21(29-23)19-9-17(25(32)33)10-22-24(19)31(27)14-30(22)12-18-6-7-34-18/h1-5,8-10,18H,6-7,12-14H2,(H,32,33). The monoisotopic (exact) mass is 478 g/mol. The summed E-state index contributed by atoms with van der Waals surface area (Å²) < 4.78 is 40.4. The number of rotatable bonds is 7. The van der Waals surface area contributed by atoms with Crippen molar-refractivity contribution in [1.82, 2.24) is 4.98 Å². The Kier molecular flexibility index (Phi) is 5.93. The molecule has 1 aromatic heterocycles. The Balaban J connectivity index is 1.46. The van der Waals surface area contributed by atoms with Gasteiger partial charge in [0.25, 0.3) is 0 Å². The number of nitrogens with zero attached hydrogens (tertiary/aromatic N) is 4. The molecule has 8 nitrogen and oxygen atoms in total. The van der Waals surface area contributed by atoms with E-state index in [9.17, 15) is 14.3 Å². The van der Waals surface area contributed by atoms with Gasteiger partial charge in [-0.05, 0) is 36.8 Å². The van der Waals surface area contributed by atoms with Gasteiger partial charge in [0, 0.05) is 30.3 Å². The number of aromatic nitrogens is 1. The lowest BCUT2D eigenvalue weighted by Crippen LogP contribution is -2.40. The number of benzene rings is 2. The zero-order chi connectivity index (χ0) is 24.5. The van der Waals surface area contributed by atoms with E-state index in [-0.39, 0.29) is 47.6 Å². The number of carboxylic acid groups (broad SMARTS) is 1. The van der Waals surface area contributed by atoms with Crippen LogP contribution < -0.4 is 14.8 Å². The van der Waals surface area contributed by atoms with Crippen LogP contribution in [0.1, 0.15) is 27.9 Å². The van der Waals surface area contributed by atoms with Gasteiger partial charge in [-0.2, -0.15) is 10.4 Å². The molecular weight excluding hydrogens is 458 g/mol. The molecule has 0 spiro atoms. The first-order valence-electron chi connectivity index (χ1n) is 10.9. The number of hydrogen-bond donors (Lipinski definition) is 1. The fraction of sp³-hybridized carbons (Fsp3) is 0.240. The average Bonchev–Trinajstić information content (AvgIpc) is 3.15. The lowest BCUT2D eigenvalue weighted by atomic mass is 10.0. The highest BCUT2D eigenvalue weighted by molar-refractivity contribution is 5.98. The van der Waals surface area contributed by atoms with E-state index in [2.05, 4.69) is 4.98 Å². The van der Waals surface area contributed by atoms with Crippen molar-refractivity contribution in [2.45, 2.75) is 19.1 Å². The van der Waals surface area contributed by atoms with Gasteiger partial charge in [-0.1, -0.05) is 16.6 Å². The Morgan fingerprint density at radius 3 is 2.80 bits per heavy atom. The number of anilines is 2. The molecule has 1 saturated heterocycles. The lowest BCUT2D eigenvalue weighted by molar-refractivity contribution is -0.0444. The van der Waals surface area contributed by atoms with Crippen molar-refractivity contribution in [2.24, 2.45) is 0 Å². The average molecular weight is 478 g/mol. The van der Waals surface area contributed by atoms with Gasteiger partial charge in [-0.25, -0.2) is 14.2 Å². The minimum absolute atomic E-state index is 0.00125. The number of ether oxygens (including phenoxy) is 2. The van der Waals surface area contributed by atoms with E-state index in [0.29, 0.717) is 35.2 Å². The lowest BCUT2D eigenvalue weighted by Gasteiger charge is -2.31.